The van der Waals surface area contributed by atoms with Crippen LogP contribution in [0.5, 0.6) is 11.5 Å². The molecule has 152 valence electrons. The number of ether oxygens (including phenoxy) is 3. The van der Waals surface area contributed by atoms with Gasteiger partial charge in [0.05, 0.1) is 5.41 Å². The van der Waals surface area contributed by atoms with E-state index in [4.69, 9.17) is 0 Å². The highest BCUT2D eigenvalue weighted by Crippen LogP contribution is 2.36. The lowest BCUT2D eigenvalue weighted by atomic mass is 9.91. The fourth-order valence-electron chi connectivity index (χ4n) is 1.51. The lowest BCUT2D eigenvalue weighted by Gasteiger charge is -2.21. The van der Waals surface area contributed by atoms with Crippen LogP contribution in [-0.4, -0.2) is 31.6 Å². The van der Waals surface area contributed by atoms with Gasteiger partial charge in [-0.2, -0.15) is 17.6 Å². The average molecular weight is 402 g/mol. The average Bonchev–Trinajstić information content (AvgIpc) is 2.61. The molecular weight excluding hydrogens is 386 g/mol. The van der Waals surface area contributed by atoms with E-state index < -0.39 is 71.8 Å². The van der Waals surface area contributed by atoms with Gasteiger partial charge in [-0.15, -0.1) is 0 Å². The Morgan fingerprint density at radius 3 is 1.89 bits per heavy atom. The Balaban J connectivity index is 3.05. The van der Waals surface area contributed by atoms with Gasteiger partial charge in [-0.25, -0.2) is 13.6 Å². The van der Waals surface area contributed by atoms with Crippen molar-refractivity contribution in [3.8, 4) is 11.5 Å². The van der Waals surface area contributed by atoms with Crippen molar-refractivity contribution in [1.29, 1.82) is 0 Å². The van der Waals surface area contributed by atoms with Crippen molar-refractivity contribution < 1.29 is 50.1 Å². The summed E-state index contributed by atoms with van der Waals surface area (Å²) in [7, 11) is 0. The van der Waals surface area contributed by atoms with Crippen LogP contribution in [0.25, 0.3) is 0 Å². The molecule has 0 spiro atoms. The molecule has 1 aromatic carbocycles. The van der Waals surface area contributed by atoms with Crippen LogP contribution >= 0.6 is 0 Å². The van der Waals surface area contributed by atoms with E-state index in [0.29, 0.717) is 0 Å². The molecule has 0 radical (unpaired) electrons. The Labute approximate surface area is 150 Å². The lowest BCUT2D eigenvalue weighted by Crippen LogP contribution is -2.29. The summed E-state index contributed by atoms with van der Waals surface area (Å²) in [6.07, 6.45) is -2.78. The van der Waals surface area contributed by atoms with Gasteiger partial charge in [0.15, 0.2) is 19.0 Å². The maximum atomic E-state index is 14.0. The molecule has 0 unspecified atom stereocenters. The van der Waals surface area contributed by atoms with Crippen LogP contribution in [0.3, 0.4) is 0 Å². The molecule has 0 heterocycles. The molecule has 11 heteroatoms. The molecule has 0 fully saturated rings. The Bertz CT molecular complexity index is 691. The van der Waals surface area contributed by atoms with E-state index in [1.54, 1.807) is 6.92 Å². The Morgan fingerprint density at radius 2 is 1.44 bits per heavy atom. The Hall–Kier alpha value is -2.46. The van der Waals surface area contributed by atoms with Crippen molar-refractivity contribution in [2.24, 2.45) is 5.41 Å². The van der Waals surface area contributed by atoms with Gasteiger partial charge >= 0.3 is 11.9 Å². The summed E-state index contributed by atoms with van der Waals surface area (Å²) < 4.78 is 92.3. The molecule has 1 rings (SSSR count). The monoisotopic (exact) mass is 402 g/mol. The first kappa shape index (κ1) is 22.6. The topological polar surface area (TPSA) is 61.8 Å². The third kappa shape index (κ3) is 5.51. The minimum absolute atomic E-state index is 0.210. The van der Waals surface area contributed by atoms with E-state index in [2.05, 4.69) is 14.2 Å². The predicted octanol–water partition coefficient (Wildman–Crippen LogP) is 3.77. The fraction of sp³-hybridized carbons (Fsp3) is 0.500. The van der Waals surface area contributed by atoms with E-state index in [-0.39, 0.29) is 6.42 Å². The van der Waals surface area contributed by atoms with Crippen molar-refractivity contribution in [1.82, 2.24) is 0 Å². The predicted molar refractivity (Wildman–Crippen MR) is 78.4 cm³/mol. The maximum absolute atomic E-state index is 14.0. The Morgan fingerprint density at radius 1 is 0.963 bits per heavy atom. The number of esters is 2. The number of alkyl halides is 2. The molecular formula is C16H16F6O5. The van der Waals surface area contributed by atoms with Crippen molar-refractivity contribution in [2.45, 2.75) is 33.6 Å². The summed E-state index contributed by atoms with van der Waals surface area (Å²) in [6.45, 7) is 1.78. The standard InChI is InChI=1S/C16H16F6O5/c1-4-16(2,3)15(24)27-14-11(21)9(19)13(10(20)12(14)22)26-6-8(23)25-5-7(17)18/h7H,4-6H2,1-3H3. The van der Waals surface area contributed by atoms with E-state index in [0.717, 1.165) is 0 Å². The number of carbonyl (C=O) groups is 2. The molecule has 5 nitrogen and oxygen atoms in total. The summed E-state index contributed by atoms with van der Waals surface area (Å²) in [5.74, 6) is -14.1. The van der Waals surface area contributed by atoms with Gasteiger partial charge < -0.3 is 14.2 Å². The second-order valence-corrected chi connectivity index (χ2v) is 5.90. The number of benzene rings is 1. The van der Waals surface area contributed by atoms with Crippen LogP contribution in [0.15, 0.2) is 0 Å². The molecule has 0 aliphatic carbocycles. The number of rotatable bonds is 8. The van der Waals surface area contributed by atoms with E-state index in [9.17, 15) is 35.9 Å². The van der Waals surface area contributed by atoms with Crippen molar-refractivity contribution in [2.75, 3.05) is 13.2 Å². The molecule has 0 saturated heterocycles. The van der Waals surface area contributed by atoms with Crippen molar-refractivity contribution in [3.05, 3.63) is 23.3 Å². The summed E-state index contributed by atoms with van der Waals surface area (Å²) in [6, 6.07) is 0. The van der Waals surface area contributed by atoms with Crippen LogP contribution < -0.4 is 9.47 Å². The normalized spacial score (nSPS) is 11.5. The van der Waals surface area contributed by atoms with Crippen LogP contribution in [0.2, 0.25) is 0 Å². The fourth-order valence-corrected chi connectivity index (χ4v) is 1.51. The Kier molecular flexibility index (Phi) is 7.49. The molecule has 0 N–H and O–H groups in total. The van der Waals surface area contributed by atoms with E-state index in [1.165, 1.54) is 13.8 Å². The highest BCUT2D eigenvalue weighted by molar-refractivity contribution is 5.78. The smallest absolute Gasteiger partial charge is 0.344 e. The number of hydrogen-bond donors (Lipinski definition) is 0. The van der Waals surface area contributed by atoms with Crippen LogP contribution in [-0.2, 0) is 14.3 Å². The van der Waals surface area contributed by atoms with Gasteiger partial charge in [0.2, 0.25) is 29.0 Å². The zero-order valence-corrected chi connectivity index (χ0v) is 14.5. The zero-order chi connectivity index (χ0) is 20.9. The van der Waals surface area contributed by atoms with Crippen molar-refractivity contribution >= 4 is 11.9 Å². The molecule has 0 aliphatic heterocycles. The summed E-state index contributed by atoms with van der Waals surface area (Å²) >= 11 is 0. The summed E-state index contributed by atoms with van der Waals surface area (Å²) in [5.41, 5.74) is -1.19. The molecule has 0 bridgehead atoms. The van der Waals surface area contributed by atoms with E-state index >= 15 is 0 Å². The number of hydrogen-bond acceptors (Lipinski definition) is 5. The van der Waals surface area contributed by atoms with Crippen LogP contribution in [0.4, 0.5) is 26.3 Å². The van der Waals surface area contributed by atoms with Gasteiger partial charge in [-0.3, -0.25) is 4.79 Å². The molecule has 1 aromatic rings. The zero-order valence-electron chi connectivity index (χ0n) is 14.5. The quantitative estimate of drug-likeness (QED) is 0.287. The van der Waals surface area contributed by atoms with Gasteiger partial charge in [0, 0.05) is 0 Å². The molecule has 0 atom stereocenters. The SMILES string of the molecule is CCC(C)(C)C(=O)Oc1c(F)c(F)c(OCC(=O)OCC(F)F)c(F)c1F. The van der Waals surface area contributed by atoms with Crippen molar-refractivity contribution in [3.63, 3.8) is 0 Å². The number of carbonyl (C=O) groups excluding carboxylic acids is 2. The highest BCUT2D eigenvalue weighted by atomic mass is 19.3. The van der Waals surface area contributed by atoms with Gasteiger partial charge in [-0.1, -0.05) is 6.92 Å². The van der Waals surface area contributed by atoms with Gasteiger partial charge in [-0.05, 0) is 20.3 Å². The van der Waals surface area contributed by atoms with Gasteiger partial charge in [0.25, 0.3) is 6.43 Å². The number of halogens is 6. The molecule has 0 amide bonds. The second-order valence-electron chi connectivity index (χ2n) is 5.90. The van der Waals surface area contributed by atoms with Gasteiger partial charge in [0.1, 0.15) is 0 Å². The minimum Gasteiger partial charge on any atom is -0.476 e. The molecule has 27 heavy (non-hydrogen) atoms. The lowest BCUT2D eigenvalue weighted by molar-refractivity contribution is -0.150. The largest absolute Gasteiger partial charge is 0.476 e. The third-order valence-electron chi connectivity index (χ3n) is 3.52. The van der Waals surface area contributed by atoms with Crippen LogP contribution in [0, 0.1) is 28.7 Å². The molecule has 0 saturated carbocycles. The summed E-state index contributed by atoms with van der Waals surface area (Å²) in [5, 5.41) is 0. The first-order valence-electron chi connectivity index (χ1n) is 7.57. The van der Waals surface area contributed by atoms with E-state index in [1.807, 2.05) is 0 Å². The maximum Gasteiger partial charge on any atom is 0.344 e. The highest BCUT2D eigenvalue weighted by Gasteiger charge is 2.34. The van der Waals surface area contributed by atoms with Crippen LogP contribution in [0.1, 0.15) is 27.2 Å². The minimum atomic E-state index is -2.99. The summed E-state index contributed by atoms with van der Waals surface area (Å²) in [4.78, 5) is 23.0. The first-order valence-corrected chi connectivity index (χ1v) is 7.57. The first-order chi connectivity index (χ1) is 12.4. The second kappa shape index (κ2) is 8.96. The molecule has 0 aromatic heterocycles. The molecule has 0 aliphatic rings. The third-order valence-corrected chi connectivity index (χ3v) is 3.52.